The molecule has 4 atom stereocenters. The molecule has 0 aromatic heterocycles. The number of fused-ring (bicyclic) bond motifs is 4. The molecule has 184 valence electrons. The first kappa shape index (κ1) is 25.7. The Kier molecular flexibility index (Phi) is 10.6. The lowest BCUT2D eigenvalue weighted by Gasteiger charge is -2.31. The molecule has 2 aliphatic rings. The molecule has 4 unspecified atom stereocenters. The summed E-state index contributed by atoms with van der Waals surface area (Å²) >= 11 is 0. The monoisotopic (exact) mass is 459 g/mol. The summed E-state index contributed by atoms with van der Waals surface area (Å²) in [6, 6.07) is 8.92. The Morgan fingerprint density at radius 2 is 1.70 bits per heavy atom. The second kappa shape index (κ2) is 13.7. The molecule has 1 aromatic rings. The van der Waals surface area contributed by atoms with Gasteiger partial charge in [-0.25, -0.2) is 0 Å². The van der Waals surface area contributed by atoms with Crippen LogP contribution in [0.3, 0.4) is 0 Å². The molecular weight excluding hydrogens is 418 g/mol. The molecule has 0 spiro atoms. The van der Waals surface area contributed by atoms with E-state index in [0.717, 1.165) is 84.5 Å². The largest absolute Gasteiger partial charge is 0.480 e. The summed E-state index contributed by atoms with van der Waals surface area (Å²) in [5, 5.41) is 9.35. The lowest BCUT2D eigenvalue weighted by Crippen LogP contribution is -2.41. The van der Waals surface area contributed by atoms with E-state index in [1.165, 1.54) is 11.1 Å². The Hall–Kier alpha value is -1.96. The van der Waals surface area contributed by atoms with Crippen molar-refractivity contribution in [3.05, 3.63) is 35.4 Å². The minimum Gasteiger partial charge on any atom is -0.480 e. The molecule has 0 radical (unpaired) electrons. The van der Waals surface area contributed by atoms with Gasteiger partial charge in [0.15, 0.2) is 0 Å². The van der Waals surface area contributed by atoms with Crippen molar-refractivity contribution >= 4 is 12.4 Å². The van der Waals surface area contributed by atoms with Crippen LogP contribution in [0.15, 0.2) is 24.3 Å². The maximum Gasteiger partial charge on any atom is 0.317 e. The fourth-order valence-corrected chi connectivity index (χ4v) is 5.28. The summed E-state index contributed by atoms with van der Waals surface area (Å²) in [6.45, 7) is 10.9. The van der Waals surface area contributed by atoms with E-state index in [2.05, 4.69) is 45.9 Å². The zero-order valence-corrected chi connectivity index (χ0v) is 20.2. The van der Waals surface area contributed by atoms with Gasteiger partial charge in [-0.05, 0) is 76.1 Å². The van der Waals surface area contributed by atoms with Crippen LogP contribution in [0.1, 0.15) is 36.8 Å². The molecule has 2 aliphatic heterocycles. The number of carbonyl (C=O) groups excluding carboxylic acids is 1. The van der Waals surface area contributed by atoms with Crippen molar-refractivity contribution in [2.24, 2.45) is 11.8 Å². The number of hydrogen-bond donors (Lipinski definition) is 1. The molecule has 33 heavy (non-hydrogen) atoms. The van der Waals surface area contributed by atoms with Crippen LogP contribution in [0.25, 0.3) is 0 Å². The highest BCUT2D eigenvalue weighted by Gasteiger charge is 2.24. The van der Waals surface area contributed by atoms with E-state index in [1.807, 2.05) is 0 Å². The number of aliphatic carboxylic acids is 1. The van der Waals surface area contributed by atoms with Crippen molar-refractivity contribution in [3.8, 4) is 0 Å². The van der Waals surface area contributed by atoms with E-state index >= 15 is 0 Å². The van der Waals surface area contributed by atoms with Gasteiger partial charge in [-0.2, -0.15) is 0 Å². The Balaban J connectivity index is 1.77. The van der Waals surface area contributed by atoms with Gasteiger partial charge in [0.1, 0.15) is 0 Å². The van der Waals surface area contributed by atoms with Gasteiger partial charge in [0.25, 0.3) is 6.47 Å². The van der Waals surface area contributed by atoms with E-state index in [9.17, 15) is 14.7 Å². The van der Waals surface area contributed by atoms with E-state index in [0.29, 0.717) is 24.9 Å². The smallest absolute Gasteiger partial charge is 0.317 e. The van der Waals surface area contributed by atoms with Crippen LogP contribution >= 0.6 is 0 Å². The van der Waals surface area contributed by atoms with Gasteiger partial charge >= 0.3 is 5.97 Å². The molecule has 0 amide bonds. The van der Waals surface area contributed by atoms with E-state index in [1.54, 1.807) is 0 Å². The first-order valence-corrected chi connectivity index (χ1v) is 12.5. The number of carboxylic acid groups (broad SMARTS) is 1. The SMILES string of the molecule is Cc1ccc(CC2CN3CCCN(CC(=O)O)CCN(CCCC(COC=O)CC3)C2)cc1. The summed E-state index contributed by atoms with van der Waals surface area (Å²) < 4.78 is 5.14. The van der Waals surface area contributed by atoms with Gasteiger partial charge in [-0.1, -0.05) is 29.8 Å². The zero-order chi connectivity index (χ0) is 23.5. The van der Waals surface area contributed by atoms with Crippen LogP contribution in [-0.2, 0) is 20.7 Å². The molecule has 2 fully saturated rings. The van der Waals surface area contributed by atoms with Crippen molar-refractivity contribution in [2.45, 2.75) is 39.0 Å². The van der Waals surface area contributed by atoms with Gasteiger partial charge < -0.3 is 19.6 Å². The first-order valence-electron chi connectivity index (χ1n) is 12.5. The maximum absolute atomic E-state index is 11.4. The number of nitrogens with zero attached hydrogens (tertiary/aromatic N) is 3. The molecule has 2 saturated heterocycles. The second-order valence-corrected chi connectivity index (χ2v) is 9.91. The third-order valence-corrected chi connectivity index (χ3v) is 7.06. The van der Waals surface area contributed by atoms with Crippen molar-refractivity contribution in [1.82, 2.24) is 14.7 Å². The average Bonchev–Trinajstić information content (AvgIpc) is 2.84. The van der Waals surface area contributed by atoms with E-state index < -0.39 is 5.97 Å². The molecule has 7 nitrogen and oxygen atoms in total. The van der Waals surface area contributed by atoms with E-state index in [4.69, 9.17) is 4.74 Å². The summed E-state index contributed by atoms with van der Waals surface area (Å²) in [7, 11) is 0. The first-order chi connectivity index (χ1) is 16.0. The fourth-order valence-electron chi connectivity index (χ4n) is 5.28. The van der Waals surface area contributed by atoms with Crippen molar-refractivity contribution < 1.29 is 19.4 Å². The molecule has 0 aliphatic carbocycles. The van der Waals surface area contributed by atoms with Gasteiger partial charge in [0, 0.05) is 32.7 Å². The fraction of sp³-hybridized carbons (Fsp3) is 0.692. The second-order valence-electron chi connectivity index (χ2n) is 9.91. The van der Waals surface area contributed by atoms with Crippen LogP contribution < -0.4 is 0 Å². The molecule has 2 heterocycles. The number of carboxylic acids is 1. The predicted molar refractivity (Wildman–Crippen MR) is 129 cm³/mol. The highest BCUT2D eigenvalue weighted by atomic mass is 16.5. The van der Waals surface area contributed by atoms with Gasteiger partial charge in [0.2, 0.25) is 0 Å². The quantitative estimate of drug-likeness (QED) is 0.628. The lowest BCUT2D eigenvalue weighted by molar-refractivity contribution is -0.138. The maximum atomic E-state index is 11.4. The Morgan fingerprint density at radius 1 is 0.970 bits per heavy atom. The summed E-state index contributed by atoms with van der Waals surface area (Å²) in [5.74, 6) is 0.186. The molecule has 0 saturated carbocycles. The number of ether oxygens (including phenoxy) is 1. The number of benzene rings is 1. The molecular formula is C26H41N3O4. The molecule has 2 bridgehead atoms. The van der Waals surface area contributed by atoms with Crippen molar-refractivity contribution in [2.75, 3.05) is 65.5 Å². The van der Waals surface area contributed by atoms with Crippen LogP contribution in [0.5, 0.6) is 0 Å². The topological polar surface area (TPSA) is 73.3 Å². The summed E-state index contributed by atoms with van der Waals surface area (Å²) in [4.78, 5) is 29.3. The van der Waals surface area contributed by atoms with Crippen LogP contribution in [-0.4, -0.2) is 97.8 Å². The minimum atomic E-state index is -0.746. The Bertz CT molecular complexity index is 727. The van der Waals surface area contributed by atoms with Crippen LogP contribution in [0.2, 0.25) is 0 Å². The molecule has 1 aromatic carbocycles. The Morgan fingerprint density at radius 3 is 2.42 bits per heavy atom. The molecule has 3 rings (SSSR count). The highest BCUT2D eigenvalue weighted by Crippen LogP contribution is 2.20. The van der Waals surface area contributed by atoms with Crippen LogP contribution in [0, 0.1) is 18.8 Å². The molecule has 7 heteroatoms. The highest BCUT2D eigenvalue weighted by molar-refractivity contribution is 5.69. The minimum absolute atomic E-state index is 0.117. The molecule has 1 N–H and O–H groups in total. The number of hydrogen-bond acceptors (Lipinski definition) is 6. The van der Waals surface area contributed by atoms with Crippen LogP contribution in [0.4, 0.5) is 0 Å². The van der Waals surface area contributed by atoms with Crippen molar-refractivity contribution in [1.29, 1.82) is 0 Å². The van der Waals surface area contributed by atoms with Gasteiger partial charge in [-0.3, -0.25) is 14.5 Å². The lowest BCUT2D eigenvalue weighted by atomic mass is 9.97. The normalized spacial score (nSPS) is 27.9. The Labute approximate surface area is 198 Å². The predicted octanol–water partition coefficient (Wildman–Crippen LogP) is 2.52. The third kappa shape index (κ3) is 9.43. The third-order valence-electron chi connectivity index (χ3n) is 7.06. The van der Waals surface area contributed by atoms with Gasteiger partial charge in [0.05, 0.1) is 13.2 Å². The van der Waals surface area contributed by atoms with E-state index in [-0.39, 0.29) is 6.54 Å². The summed E-state index contributed by atoms with van der Waals surface area (Å²) in [6.07, 6.45) is 5.19. The summed E-state index contributed by atoms with van der Waals surface area (Å²) in [5.41, 5.74) is 2.68. The number of aryl methyl sites for hydroxylation is 1. The number of rotatable bonds is 7. The van der Waals surface area contributed by atoms with Gasteiger partial charge in [-0.15, -0.1) is 0 Å². The van der Waals surface area contributed by atoms with Crippen molar-refractivity contribution in [3.63, 3.8) is 0 Å². The number of carbonyl (C=O) groups is 2. The zero-order valence-electron chi connectivity index (χ0n) is 20.2. The average molecular weight is 460 g/mol. The standard InChI is InChI=1S/C26H41N3O4/c1-22-5-7-23(8-6-22)16-25-17-27-11-3-12-29(19-26(31)32)15-14-28(18-25)10-2-4-24(9-13-27)20-33-21-30/h5-8,21,24-25H,2-4,9-20H2,1H3,(H,31,32).